The summed E-state index contributed by atoms with van der Waals surface area (Å²) in [5.41, 5.74) is 9.03. The lowest BCUT2D eigenvalue weighted by atomic mass is 10.0. The van der Waals surface area contributed by atoms with Gasteiger partial charge in [-0.3, -0.25) is 4.31 Å². The fourth-order valence-electron chi connectivity index (χ4n) is 2.74. The van der Waals surface area contributed by atoms with Crippen LogP contribution in [0.3, 0.4) is 0 Å². The van der Waals surface area contributed by atoms with Crippen molar-refractivity contribution in [3.63, 3.8) is 0 Å². The van der Waals surface area contributed by atoms with E-state index in [1.165, 1.54) is 10.6 Å². The number of benzene rings is 1. The number of sulfonamides is 1. The van der Waals surface area contributed by atoms with Crippen molar-refractivity contribution < 1.29 is 12.9 Å². The molecule has 2 heterocycles. The first-order valence-electron chi connectivity index (χ1n) is 6.21. The molecule has 20 heavy (non-hydrogen) atoms. The number of anilines is 2. The first-order chi connectivity index (χ1) is 9.38. The zero-order valence-electron chi connectivity index (χ0n) is 11.2. The van der Waals surface area contributed by atoms with Crippen LogP contribution in [-0.4, -0.2) is 25.9 Å². The Morgan fingerprint density at radius 1 is 1.45 bits per heavy atom. The second kappa shape index (κ2) is 4.24. The van der Waals surface area contributed by atoms with Crippen molar-refractivity contribution in [2.75, 3.05) is 16.3 Å². The van der Waals surface area contributed by atoms with Gasteiger partial charge in [0.05, 0.1) is 23.7 Å². The van der Waals surface area contributed by atoms with Crippen molar-refractivity contribution in [2.45, 2.75) is 19.4 Å². The van der Waals surface area contributed by atoms with Gasteiger partial charge in [-0.2, -0.15) is 0 Å². The van der Waals surface area contributed by atoms with Crippen molar-refractivity contribution >= 4 is 21.6 Å². The molecular weight excluding hydrogens is 278 g/mol. The monoisotopic (exact) mass is 293 g/mol. The minimum absolute atomic E-state index is 0.0740. The van der Waals surface area contributed by atoms with Crippen LogP contribution < -0.4 is 10.0 Å². The molecule has 1 aromatic heterocycles. The molecule has 106 valence electrons. The SMILES string of the molecule is CC1Cc2cc(-c3cnoc3N)ccc2N1S(C)(=O)=O. The zero-order chi connectivity index (χ0) is 14.5. The van der Waals surface area contributed by atoms with Crippen molar-refractivity contribution in [2.24, 2.45) is 0 Å². The lowest BCUT2D eigenvalue weighted by Gasteiger charge is -2.21. The molecule has 1 aromatic carbocycles. The summed E-state index contributed by atoms with van der Waals surface area (Å²) >= 11 is 0. The van der Waals surface area contributed by atoms with Crippen LogP contribution >= 0.6 is 0 Å². The zero-order valence-corrected chi connectivity index (χ0v) is 12.0. The van der Waals surface area contributed by atoms with Crippen LogP contribution in [0.1, 0.15) is 12.5 Å². The second-order valence-corrected chi connectivity index (χ2v) is 6.92. The number of hydrogen-bond donors (Lipinski definition) is 1. The first-order valence-corrected chi connectivity index (χ1v) is 8.05. The number of rotatable bonds is 2. The van der Waals surface area contributed by atoms with Gasteiger partial charge in [0.1, 0.15) is 0 Å². The summed E-state index contributed by atoms with van der Waals surface area (Å²) < 4.78 is 30.0. The van der Waals surface area contributed by atoms with Crippen LogP contribution in [0.5, 0.6) is 0 Å². The second-order valence-electron chi connectivity index (χ2n) is 5.06. The molecule has 0 spiro atoms. The largest absolute Gasteiger partial charge is 0.367 e. The molecule has 2 aromatic rings. The van der Waals surface area contributed by atoms with E-state index < -0.39 is 10.0 Å². The summed E-state index contributed by atoms with van der Waals surface area (Å²) in [7, 11) is -3.26. The fraction of sp³-hybridized carbons (Fsp3) is 0.308. The Balaban J connectivity index is 2.09. The predicted molar refractivity (Wildman–Crippen MR) is 76.8 cm³/mol. The molecular formula is C13H15N3O3S. The highest BCUT2D eigenvalue weighted by Crippen LogP contribution is 2.37. The van der Waals surface area contributed by atoms with Crippen LogP contribution in [-0.2, 0) is 16.4 Å². The molecule has 0 saturated heterocycles. The molecule has 7 heteroatoms. The van der Waals surface area contributed by atoms with E-state index in [1.54, 1.807) is 6.20 Å². The Kier molecular flexibility index (Phi) is 2.75. The first kappa shape index (κ1) is 13.0. The third-order valence-corrected chi connectivity index (χ3v) is 4.77. The minimum atomic E-state index is -3.26. The maximum atomic E-state index is 11.9. The molecule has 1 unspecified atom stereocenters. The number of nitrogens with two attached hydrogens (primary N) is 1. The average Bonchev–Trinajstić information content (AvgIpc) is 2.89. The molecule has 0 bridgehead atoms. The van der Waals surface area contributed by atoms with Crippen LogP contribution in [0.15, 0.2) is 28.9 Å². The molecule has 1 aliphatic heterocycles. The van der Waals surface area contributed by atoms with E-state index in [1.807, 2.05) is 25.1 Å². The number of aromatic nitrogens is 1. The molecule has 1 aliphatic rings. The molecule has 2 N–H and O–H groups in total. The van der Waals surface area contributed by atoms with E-state index in [-0.39, 0.29) is 11.9 Å². The Morgan fingerprint density at radius 2 is 2.20 bits per heavy atom. The van der Waals surface area contributed by atoms with Gasteiger partial charge in [-0.1, -0.05) is 11.2 Å². The van der Waals surface area contributed by atoms with E-state index in [4.69, 9.17) is 10.3 Å². The average molecular weight is 293 g/mol. The molecule has 1 atom stereocenters. The van der Waals surface area contributed by atoms with Crippen molar-refractivity contribution in [1.82, 2.24) is 5.16 Å². The third-order valence-electron chi connectivity index (χ3n) is 3.50. The Bertz CT molecular complexity index is 767. The Labute approximate surface area is 117 Å². The molecule has 0 saturated carbocycles. The molecule has 0 amide bonds. The number of nitrogens with zero attached hydrogens (tertiary/aromatic N) is 2. The molecule has 0 radical (unpaired) electrons. The lowest BCUT2D eigenvalue weighted by molar-refractivity contribution is 0.436. The number of fused-ring (bicyclic) bond motifs is 1. The molecule has 0 aliphatic carbocycles. The van der Waals surface area contributed by atoms with Gasteiger partial charge in [0.15, 0.2) is 0 Å². The summed E-state index contributed by atoms with van der Waals surface area (Å²) in [6.07, 6.45) is 3.47. The van der Waals surface area contributed by atoms with E-state index in [9.17, 15) is 8.42 Å². The third kappa shape index (κ3) is 1.94. The van der Waals surface area contributed by atoms with E-state index in [2.05, 4.69) is 5.16 Å². The van der Waals surface area contributed by atoms with Gasteiger partial charge in [0.25, 0.3) is 0 Å². The molecule has 0 fully saturated rings. The van der Waals surface area contributed by atoms with Gasteiger partial charge in [0.2, 0.25) is 15.9 Å². The molecule has 3 rings (SSSR count). The topological polar surface area (TPSA) is 89.4 Å². The van der Waals surface area contributed by atoms with Gasteiger partial charge in [-0.05, 0) is 36.6 Å². The van der Waals surface area contributed by atoms with Gasteiger partial charge in [0, 0.05) is 6.04 Å². The number of hydrogen-bond acceptors (Lipinski definition) is 5. The van der Waals surface area contributed by atoms with Gasteiger partial charge in [-0.15, -0.1) is 0 Å². The highest BCUT2D eigenvalue weighted by Gasteiger charge is 2.32. The van der Waals surface area contributed by atoms with Crippen molar-refractivity contribution in [3.05, 3.63) is 30.0 Å². The fourth-order valence-corrected chi connectivity index (χ4v) is 4.00. The van der Waals surface area contributed by atoms with E-state index in [0.717, 1.165) is 22.4 Å². The summed E-state index contributed by atoms with van der Waals surface area (Å²) in [5.74, 6) is 0.260. The maximum absolute atomic E-state index is 11.9. The van der Waals surface area contributed by atoms with Crippen molar-refractivity contribution in [3.8, 4) is 11.1 Å². The summed E-state index contributed by atoms with van der Waals surface area (Å²) in [5, 5.41) is 3.65. The van der Waals surface area contributed by atoms with E-state index in [0.29, 0.717) is 6.42 Å². The van der Waals surface area contributed by atoms with Crippen LogP contribution in [0.2, 0.25) is 0 Å². The normalized spacial score (nSPS) is 18.3. The Hall–Kier alpha value is -2.02. The van der Waals surface area contributed by atoms with Gasteiger partial charge < -0.3 is 10.3 Å². The smallest absolute Gasteiger partial charge is 0.232 e. The van der Waals surface area contributed by atoms with Crippen LogP contribution in [0, 0.1) is 0 Å². The highest BCUT2D eigenvalue weighted by molar-refractivity contribution is 7.92. The van der Waals surface area contributed by atoms with E-state index >= 15 is 0 Å². The van der Waals surface area contributed by atoms with Crippen molar-refractivity contribution in [1.29, 1.82) is 0 Å². The van der Waals surface area contributed by atoms with Crippen LogP contribution in [0.25, 0.3) is 11.1 Å². The van der Waals surface area contributed by atoms with Gasteiger partial charge >= 0.3 is 0 Å². The standard InChI is InChI=1S/C13H15N3O3S/c1-8-5-10-6-9(11-7-15-19-13(11)14)3-4-12(10)16(8)20(2,17)18/h3-4,6-8H,5,14H2,1-2H3. The minimum Gasteiger partial charge on any atom is -0.367 e. The Morgan fingerprint density at radius 3 is 2.80 bits per heavy atom. The highest BCUT2D eigenvalue weighted by atomic mass is 32.2. The maximum Gasteiger partial charge on any atom is 0.232 e. The van der Waals surface area contributed by atoms with Crippen LogP contribution in [0.4, 0.5) is 11.6 Å². The molecule has 6 nitrogen and oxygen atoms in total. The predicted octanol–water partition coefficient (Wildman–Crippen LogP) is 1.63. The summed E-state index contributed by atoms with van der Waals surface area (Å²) in [4.78, 5) is 0. The van der Waals surface area contributed by atoms with Gasteiger partial charge in [-0.25, -0.2) is 8.42 Å². The quantitative estimate of drug-likeness (QED) is 0.909. The summed E-state index contributed by atoms with van der Waals surface area (Å²) in [6.45, 7) is 1.90. The number of nitrogen functional groups attached to an aromatic ring is 1. The lowest BCUT2D eigenvalue weighted by Crippen LogP contribution is -2.34. The summed E-state index contributed by atoms with van der Waals surface area (Å²) in [6, 6.07) is 5.51.